The van der Waals surface area contributed by atoms with Crippen LogP contribution in [0.25, 0.3) is 34.0 Å². The van der Waals surface area contributed by atoms with Crippen molar-refractivity contribution in [3.63, 3.8) is 0 Å². The van der Waals surface area contributed by atoms with Gasteiger partial charge in [-0.15, -0.1) is 0 Å². The summed E-state index contributed by atoms with van der Waals surface area (Å²) in [7, 11) is 0. The molecule has 0 N–H and O–H groups in total. The van der Waals surface area contributed by atoms with Crippen LogP contribution < -0.4 is 0 Å². The van der Waals surface area contributed by atoms with Crippen LogP contribution in [0.3, 0.4) is 0 Å². The largest absolute Gasteiger partial charge is 2.00 e. The molecule has 0 bridgehead atoms. The first-order valence-corrected chi connectivity index (χ1v) is 9.70. The normalized spacial score (nSPS) is 10.9. The minimum Gasteiger partial charge on any atom is -0.396 e. The zero-order valence-corrected chi connectivity index (χ0v) is 18.3. The Morgan fingerprint density at radius 1 is 0.667 bits per heavy atom. The summed E-state index contributed by atoms with van der Waals surface area (Å²) in [6, 6.07) is 17.6. The summed E-state index contributed by atoms with van der Waals surface area (Å²) in [6.45, 7) is 0. The first-order chi connectivity index (χ1) is 15.8. The van der Waals surface area contributed by atoms with Crippen molar-refractivity contribution in [2.75, 3.05) is 0 Å². The molecule has 0 saturated carbocycles. The molecule has 0 radical (unpaired) electrons. The van der Waals surface area contributed by atoms with Crippen molar-refractivity contribution in [2.45, 2.75) is 0 Å². The van der Waals surface area contributed by atoms with Gasteiger partial charge < -0.3 is 19.1 Å². The van der Waals surface area contributed by atoms with Crippen LogP contribution in [-0.2, 0) is 20.4 Å². The molecule has 10 heteroatoms. The van der Waals surface area contributed by atoms with Crippen LogP contribution in [-0.4, -0.2) is 44.8 Å². The number of imidazole rings is 2. The Morgan fingerprint density at radius 2 is 1.15 bits per heavy atom. The van der Waals surface area contributed by atoms with Crippen LogP contribution in [0.15, 0.2) is 73.1 Å². The van der Waals surface area contributed by atoms with Gasteiger partial charge in [0.15, 0.2) is 0 Å². The van der Waals surface area contributed by atoms with Crippen LogP contribution in [0.4, 0.5) is 0 Å². The second-order valence-electron chi connectivity index (χ2n) is 6.88. The van der Waals surface area contributed by atoms with E-state index in [1.165, 1.54) is 0 Å². The average molecular weight is 523 g/mol. The van der Waals surface area contributed by atoms with Crippen LogP contribution in [0.5, 0.6) is 0 Å². The van der Waals surface area contributed by atoms with Gasteiger partial charge in [-0.05, 0) is 23.2 Å². The fourth-order valence-corrected chi connectivity index (χ4v) is 3.40. The second-order valence-corrected chi connectivity index (χ2v) is 6.88. The van der Waals surface area contributed by atoms with Crippen molar-refractivity contribution in [1.82, 2.24) is 39.0 Å². The van der Waals surface area contributed by atoms with Gasteiger partial charge in [-0.2, -0.15) is 0 Å². The second kappa shape index (κ2) is 8.43. The summed E-state index contributed by atoms with van der Waals surface area (Å²) in [6.07, 6.45) is 9.09. The minimum absolute atomic E-state index is 0. The third-order valence-electron chi connectivity index (χ3n) is 4.89. The molecule has 160 valence electrons. The first-order valence-electron chi connectivity index (χ1n) is 9.70. The fraction of sp³-hybridized carbons (Fsp3) is 0. The predicted molar refractivity (Wildman–Crippen MR) is 114 cm³/mol. The van der Waals surface area contributed by atoms with Crippen LogP contribution in [0, 0.1) is 12.7 Å². The third-order valence-corrected chi connectivity index (χ3v) is 4.89. The van der Waals surface area contributed by atoms with Crippen molar-refractivity contribution >= 4 is 28.1 Å². The Morgan fingerprint density at radius 3 is 1.64 bits per heavy atom. The maximum absolute atomic E-state index is 13.2. The molecule has 6 aromatic rings. The Hall–Kier alpha value is -4.13. The Labute approximate surface area is 200 Å². The number of carbonyl (C=O) groups is 1. The Kier molecular flexibility index (Phi) is 5.30. The zero-order chi connectivity index (χ0) is 21.5. The van der Waals surface area contributed by atoms with E-state index in [9.17, 15) is 4.79 Å². The van der Waals surface area contributed by atoms with Crippen LogP contribution >= 0.6 is 0 Å². The van der Waals surface area contributed by atoms with E-state index in [0.717, 1.165) is 0 Å². The molecular weight excluding hydrogens is 511 g/mol. The molecule has 33 heavy (non-hydrogen) atoms. The number of hydrogen-bond donors (Lipinski definition) is 0. The third kappa shape index (κ3) is 3.61. The van der Waals surface area contributed by atoms with Gasteiger partial charge in [-0.1, -0.05) is 48.5 Å². The van der Waals surface area contributed by atoms with Gasteiger partial charge in [-0.3, -0.25) is 24.7 Å². The molecule has 6 rings (SSSR count). The number of ketones is 1. The van der Waals surface area contributed by atoms with Crippen molar-refractivity contribution in [1.29, 1.82) is 0 Å². The van der Waals surface area contributed by atoms with Crippen molar-refractivity contribution < 1.29 is 25.2 Å². The summed E-state index contributed by atoms with van der Waals surface area (Å²) < 4.78 is 3.24. The van der Waals surface area contributed by atoms with Gasteiger partial charge in [0.1, 0.15) is 11.4 Å². The van der Waals surface area contributed by atoms with Crippen molar-refractivity contribution in [3.05, 3.63) is 97.1 Å². The maximum atomic E-state index is 13.2. The van der Waals surface area contributed by atoms with Crippen LogP contribution in [0.2, 0.25) is 0 Å². The fourth-order valence-electron chi connectivity index (χ4n) is 3.40. The minimum atomic E-state index is -0.316. The Bertz CT molecular complexity index is 1500. The number of aromatic nitrogens is 8. The number of rotatable bonds is 4. The van der Waals surface area contributed by atoms with E-state index in [-0.39, 0.29) is 37.6 Å². The summed E-state index contributed by atoms with van der Waals surface area (Å²) in [5.74, 6) is 0.668. The molecule has 0 aliphatic heterocycles. The molecule has 0 amide bonds. The first kappa shape index (κ1) is 20.8. The van der Waals surface area contributed by atoms with E-state index < -0.39 is 0 Å². The molecule has 0 unspecified atom stereocenters. The number of fused-ring (bicyclic) bond motifs is 2. The topological polar surface area (TPSA) is 104 Å². The van der Waals surface area contributed by atoms with Gasteiger partial charge in [0.25, 0.3) is 0 Å². The molecule has 0 aromatic carbocycles. The molecule has 0 aliphatic carbocycles. The van der Waals surface area contributed by atoms with Crippen molar-refractivity contribution in [3.8, 4) is 11.6 Å². The molecule has 0 atom stereocenters. The summed E-state index contributed by atoms with van der Waals surface area (Å²) >= 11 is 0. The molecule has 0 aliphatic rings. The smallest absolute Gasteiger partial charge is 0.396 e. The number of pyridine rings is 4. The molecule has 9 nitrogen and oxygen atoms in total. The molecule has 6 heterocycles. The zero-order valence-electron chi connectivity index (χ0n) is 16.7. The average Bonchev–Trinajstić information content (AvgIpc) is 3.48. The van der Waals surface area contributed by atoms with Crippen LogP contribution in [0.1, 0.15) is 16.2 Å². The summed E-state index contributed by atoms with van der Waals surface area (Å²) in [5.41, 5.74) is 3.10. The van der Waals surface area contributed by atoms with E-state index in [0.29, 0.717) is 34.0 Å². The molecule has 0 fully saturated rings. The molecular formula is C23H12N8OPd. The van der Waals surface area contributed by atoms with E-state index in [2.05, 4.69) is 42.6 Å². The van der Waals surface area contributed by atoms with Gasteiger partial charge in [0.2, 0.25) is 5.78 Å². The van der Waals surface area contributed by atoms with Gasteiger partial charge in [0, 0.05) is 36.3 Å². The predicted octanol–water partition coefficient (Wildman–Crippen LogP) is 2.77. The number of nitrogens with zero attached hydrogens (tertiary/aromatic N) is 8. The SMILES string of the molecule is O=C(c1cccc(-n2[c-]nc3cccnc32)n1)c1cccc(-n2[c-]nc3cccnc32)n1.[Pd+2]. The summed E-state index contributed by atoms with van der Waals surface area (Å²) in [4.78, 5) is 39.3. The molecule has 0 spiro atoms. The standard InChI is InChI=1S/C23H12N8O.Pd/c32-21(15-5-1-9-19(28-15)30-13-26-17-7-3-11-24-22(17)30)16-6-2-10-20(29-16)31-14-27-18-8-4-12-25-23(18)31;/h1-12H;/q-2;+2. The summed E-state index contributed by atoms with van der Waals surface area (Å²) in [5, 5.41) is 0. The van der Waals surface area contributed by atoms with E-state index in [1.54, 1.807) is 70.1 Å². The van der Waals surface area contributed by atoms with Crippen molar-refractivity contribution in [2.24, 2.45) is 0 Å². The van der Waals surface area contributed by atoms with E-state index in [1.807, 2.05) is 12.1 Å². The number of carbonyl (C=O) groups excluding carboxylic acids is 1. The monoisotopic (exact) mass is 522 g/mol. The van der Waals surface area contributed by atoms with E-state index >= 15 is 0 Å². The van der Waals surface area contributed by atoms with Gasteiger partial charge >= 0.3 is 20.4 Å². The molecule has 6 aromatic heterocycles. The Balaban J connectivity index is 0.00000228. The molecule has 0 saturated heterocycles. The quantitative estimate of drug-likeness (QED) is 0.199. The van der Waals surface area contributed by atoms with Gasteiger partial charge in [-0.25, -0.2) is 0 Å². The maximum Gasteiger partial charge on any atom is 2.00 e. The van der Waals surface area contributed by atoms with Gasteiger partial charge in [0.05, 0.1) is 11.6 Å². The number of hydrogen-bond acceptors (Lipinski definition) is 7. The van der Waals surface area contributed by atoms with E-state index in [4.69, 9.17) is 0 Å².